The number of nitrogens with zero attached hydrogens (tertiary/aromatic N) is 1. The molecule has 0 aromatic heterocycles. The third kappa shape index (κ3) is 4.16. The SMILES string of the molecule is CCC(C)N(C)CCNC(=O)c1cc(F)c(N)c(F)c1. The van der Waals surface area contributed by atoms with Gasteiger partial charge in [-0.25, -0.2) is 8.78 Å². The van der Waals surface area contributed by atoms with Gasteiger partial charge in [-0.15, -0.1) is 0 Å². The van der Waals surface area contributed by atoms with E-state index in [-0.39, 0.29) is 5.56 Å². The number of carbonyl (C=O) groups excluding carboxylic acids is 1. The Morgan fingerprint density at radius 3 is 2.45 bits per heavy atom. The lowest BCUT2D eigenvalue weighted by Crippen LogP contribution is -2.37. The lowest BCUT2D eigenvalue weighted by molar-refractivity contribution is 0.0946. The summed E-state index contributed by atoms with van der Waals surface area (Å²) >= 11 is 0. The van der Waals surface area contributed by atoms with Gasteiger partial charge in [-0.1, -0.05) is 6.92 Å². The first-order valence-electron chi connectivity index (χ1n) is 6.59. The number of nitrogens with two attached hydrogens (primary N) is 1. The summed E-state index contributed by atoms with van der Waals surface area (Å²) in [5.74, 6) is -2.36. The van der Waals surface area contributed by atoms with Crippen LogP contribution in [-0.2, 0) is 0 Å². The number of anilines is 1. The van der Waals surface area contributed by atoms with E-state index in [1.807, 2.05) is 7.05 Å². The first-order chi connectivity index (χ1) is 9.36. The van der Waals surface area contributed by atoms with Crippen LogP contribution in [0.25, 0.3) is 0 Å². The number of benzene rings is 1. The number of halogens is 2. The largest absolute Gasteiger partial charge is 0.394 e. The van der Waals surface area contributed by atoms with Gasteiger partial charge in [0.05, 0.1) is 0 Å². The second-order valence-electron chi connectivity index (χ2n) is 4.85. The van der Waals surface area contributed by atoms with E-state index in [1.54, 1.807) is 0 Å². The Balaban J connectivity index is 2.56. The van der Waals surface area contributed by atoms with E-state index < -0.39 is 23.2 Å². The van der Waals surface area contributed by atoms with Crippen molar-refractivity contribution in [1.29, 1.82) is 0 Å². The topological polar surface area (TPSA) is 58.4 Å². The number of likely N-dealkylation sites (N-methyl/N-ethyl adjacent to an activating group) is 1. The van der Waals surface area contributed by atoms with Crippen LogP contribution in [0.2, 0.25) is 0 Å². The summed E-state index contributed by atoms with van der Waals surface area (Å²) < 4.78 is 26.5. The Labute approximate surface area is 117 Å². The van der Waals surface area contributed by atoms with Gasteiger partial charge in [-0.05, 0) is 32.5 Å². The van der Waals surface area contributed by atoms with Gasteiger partial charge in [0, 0.05) is 24.7 Å². The van der Waals surface area contributed by atoms with Gasteiger partial charge in [-0.2, -0.15) is 0 Å². The lowest BCUT2D eigenvalue weighted by atomic mass is 10.1. The molecule has 1 unspecified atom stereocenters. The molecular weight excluding hydrogens is 264 g/mol. The van der Waals surface area contributed by atoms with Crippen LogP contribution in [0, 0.1) is 11.6 Å². The van der Waals surface area contributed by atoms with Crippen LogP contribution in [0.15, 0.2) is 12.1 Å². The molecule has 0 aliphatic heterocycles. The van der Waals surface area contributed by atoms with Crippen molar-refractivity contribution in [3.05, 3.63) is 29.3 Å². The highest BCUT2D eigenvalue weighted by Crippen LogP contribution is 2.17. The Bertz CT molecular complexity index is 456. The van der Waals surface area contributed by atoms with Crippen LogP contribution < -0.4 is 11.1 Å². The Hall–Kier alpha value is -1.69. The molecule has 0 heterocycles. The maximum absolute atomic E-state index is 13.2. The monoisotopic (exact) mass is 285 g/mol. The molecule has 0 fully saturated rings. The van der Waals surface area contributed by atoms with Crippen LogP contribution in [-0.4, -0.2) is 37.0 Å². The average Bonchev–Trinajstić information content (AvgIpc) is 2.42. The lowest BCUT2D eigenvalue weighted by Gasteiger charge is -2.23. The normalized spacial score (nSPS) is 12.5. The molecule has 0 bridgehead atoms. The molecule has 0 aliphatic rings. The molecule has 1 rings (SSSR count). The maximum atomic E-state index is 13.2. The Morgan fingerprint density at radius 2 is 1.95 bits per heavy atom. The Kier molecular flexibility index (Phi) is 5.88. The van der Waals surface area contributed by atoms with Gasteiger partial charge in [-0.3, -0.25) is 4.79 Å². The highest BCUT2D eigenvalue weighted by molar-refractivity contribution is 5.94. The number of carbonyl (C=O) groups is 1. The minimum atomic E-state index is -0.924. The second-order valence-corrected chi connectivity index (χ2v) is 4.85. The highest BCUT2D eigenvalue weighted by atomic mass is 19.1. The molecule has 112 valence electrons. The fourth-order valence-corrected chi connectivity index (χ4v) is 1.70. The van der Waals surface area contributed by atoms with Gasteiger partial charge in [0.25, 0.3) is 5.91 Å². The summed E-state index contributed by atoms with van der Waals surface area (Å²) in [7, 11) is 1.96. The maximum Gasteiger partial charge on any atom is 0.251 e. The van der Waals surface area contributed by atoms with E-state index in [4.69, 9.17) is 5.73 Å². The molecule has 0 saturated carbocycles. The number of hydrogen-bond acceptors (Lipinski definition) is 3. The molecule has 1 aromatic rings. The molecule has 1 amide bonds. The smallest absolute Gasteiger partial charge is 0.251 e. The van der Waals surface area contributed by atoms with Gasteiger partial charge >= 0.3 is 0 Å². The zero-order valence-electron chi connectivity index (χ0n) is 12.0. The average molecular weight is 285 g/mol. The standard InChI is InChI=1S/C14H21F2N3O/c1-4-9(2)19(3)6-5-18-14(20)10-7-11(15)13(17)12(16)8-10/h7-9H,4-6,17H2,1-3H3,(H,18,20). The first kappa shape index (κ1) is 16.4. The third-order valence-electron chi connectivity index (χ3n) is 3.43. The van der Waals surface area contributed by atoms with Crippen molar-refractivity contribution < 1.29 is 13.6 Å². The van der Waals surface area contributed by atoms with E-state index in [0.717, 1.165) is 18.6 Å². The molecule has 3 N–H and O–H groups in total. The molecule has 6 heteroatoms. The fraction of sp³-hybridized carbons (Fsp3) is 0.500. The zero-order valence-corrected chi connectivity index (χ0v) is 12.0. The quantitative estimate of drug-likeness (QED) is 0.786. The van der Waals surface area contributed by atoms with Gasteiger partial charge < -0.3 is 16.0 Å². The molecule has 0 aliphatic carbocycles. The van der Waals surface area contributed by atoms with Crippen molar-refractivity contribution in [1.82, 2.24) is 10.2 Å². The summed E-state index contributed by atoms with van der Waals surface area (Å²) in [5.41, 5.74) is 4.51. The molecular formula is C14H21F2N3O. The number of nitrogen functional groups attached to an aromatic ring is 1. The molecule has 4 nitrogen and oxygen atoms in total. The van der Waals surface area contributed by atoms with E-state index in [0.29, 0.717) is 19.1 Å². The van der Waals surface area contributed by atoms with E-state index >= 15 is 0 Å². The minimum Gasteiger partial charge on any atom is -0.394 e. The third-order valence-corrected chi connectivity index (χ3v) is 3.43. The fourth-order valence-electron chi connectivity index (χ4n) is 1.70. The van der Waals surface area contributed by atoms with E-state index in [2.05, 4.69) is 24.1 Å². The van der Waals surface area contributed by atoms with Crippen molar-refractivity contribution in [2.45, 2.75) is 26.3 Å². The summed E-state index contributed by atoms with van der Waals surface area (Å²) in [6.45, 7) is 5.25. The number of rotatable bonds is 6. The number of amides is 1. The summed E-state index contributed by atoms with van der Waals surface area (Å²) in [6.07, 6.45) is 1.01. The first-order valence-corrected chi connectivity index (χ1v) is 6.59. The predicted octanol–water partition coefficient (Wildman–Crippen LogP) is 2.01. The minimum absolute atomic E-state index is 0.0691. The van der Waals surface area contributed by atoms with E-state index in [1.165, 1.54) is 0 Å². The van der Waals surface area contributed by atoms with Crippen molar-refractivity contribution >= 4 is 11.6 Å². The summed E-state index contributed by atoms with van der Waals surface area (Å²) in [5, 5.41) is 2.63. The number of hydrogen-bond donors (Lipinski definition) is 2. The van der Waals surface area contributed by atoms with Crippen molar-refractivity contribution in [3.63, 3.8) is 0 Å². The molecule has 0 radical (unpaired) electrons. The highest BCUT2D eigenvalue weighted by Gasteiger charge is 2.13. The predicted molar refractivity (Wildman–Crippen MR) is 75.5 cm³/mol. The van der Waals surface area contributed by atoms with Crippen LogP contribution in [0.4, 0.5) is 14.5 Å². The van der Waals surface area contributed by atoms with Crippen molar-refractivity contribution in [3.8, 4) is 0 Å². The summed E-state index contributed by atoms with van der Waals surface area (Å²) in [6, 6.07) is 2.29. The van der Waals surface area contributed by atoms with E-state index in [9.17, 15) is 13.6 Å². The van der Waals surface area contributed by atoms with Crippen LogP contribution in [0.5, 0.6) is 0 Å². The zero-order chi connectivity index (χ0) is 15.3. The number of nitrogens with one attached hydrogen (secondary N) is 1. The van der Waals surface area contributed by atoms with Gasteiger partial charge in [0.15, 0.2) is 0 Å². The summed E-state index contributed by atoms with van der Waals surface area (Å²) in [4.78, 5) is 13.9. The van der Waals surface area contributed by atoms with Crippen LogP contribution >= 0.6 is 0 Å². The van der Waals surface area contributed by atoms with Crippen LogP contribution in [0.3, 0.4) is 0 Å². The molecule has 0 spiro atoms. The van der Waals surface area contributed by atoms with Crippen LogP contribution in [0.1, 0.15) is 30.6 Å². The molecule has 20 heavy (non-hydrogen) atoms. The van der Waals surface area contributed by atoms with Crippen molar-refractivity contribution in [2.24, 2.45) is 0 Å². The second kappa shape index (κ2) is 7.19. The molecule has 0 saturated heterocycles. The van der Waals surface area contributed by atoms with Gasteiger partial charge in [0.2, 0.25) is 0 Å². The molecule has 1 aromatic carbocycles. The van der Waals surface area contributed by atoms with Gasteiger partial charge in [0.1, 0.15) is 17.3 Å². The van der Waals surface area contributed by atoms with Crippen molar-refractivity contribution in [2.75, 3.05) is 25.9 Å². The molecule has 1 atom stereocenters. The Morgan fingerprint density at radius 1 is 1.40 bits per heavy atom.